The minimum absolute atomic E-state index is 0.00522. The van der Waals surface area contributed by atoms with Crippen LogP contribution >= 0.6 is 21.6 Å². The number of carbonyl (C=O) groups excluding carboxylic acids is 11. The first kappa shape index (κ1) is 112. The molecule has 8 amide bonds. The van der Waals surface area contributed by atoms with E-state index in [9.17, 15) is 174 Å². The second kappa shape index (κ2) is 56.8. The third kappa shape index (κ3) is 41.3. The summed E-state index contributed by atoms with van der Waals surface area (Å²) in [6, 6.07) is -2.32. The minimum Gasteiger partial charge on any atom is -0.481 e. The van der Waals surface area contributed by atoms with Crippen LogP contribution < -0.4 is 64.7 Å². The quantitative estimate of drug-likeness (QED) is 0.0142. The molecule has 0 aliphatic rings. The predicted molar refractivity (Wildman–Crippen MR) is 443 cm³/mol. The van der Waals surface area contributed by atoms with Gasteiger partial charge in [0.2, 0.25) is 41.4 Å². The Morgan fingerprint density at radius 2 is 0.898 bits per heavy atom. The van der Waals surface area contributed by atoms with E-state index in [1.54, 1.807) is 20.8 Å². The number of hydrogen-bond donors (Lipinski definition) is 31. The smallest absolute Gasteiger partial charge is 0.421 e. The summed E-state index contributed by atoms with van der Waals surface area (Å²) in [4.78, 5) is 230. The lowest BCUT2D eigenvalue weighted by atomic mass is 9.89. The number of nitrogens with one attached hydrogen (secondary N) is 11. The number of carbonyl (C=O) groups is 15. The van der Waals surface area contributed by atoms with E-state index in [-0.39, 0.29) is 47.3 Å². The number of nitrogens with two attached hydrogens (primary N) is 1. The zero-order valence-corrected chi connectivity index (χ0v) is 71.3. The Kier molecular flexibility index (Phi) is 49.6. The number of hydrogen-bond acceptors (Lipinski definition) is 40. The van der Waals surface area contributed by atoms with E-state index in [1.807, 2.05) is 0 Å². The van der Waals surface area contributed by atoms with Gasteiger partial charge < -0.3 is 150 Å². The van der Waals surface area contributed by atoms with Gasteiger partial charge in [-0.1, -0.05) is 21.6 Å². The molecule has 0 bridgehead atoms. The molecule has 128 heavy (non-hydrogen) atoms. The van der Waals surface area contributed by atoms with Crippen molar-refractivity contribution in [1.29, 1.82) is 0 Å². The SMILES string of the molecule is CC(C)(C)NNC(=O)OCCSSC[C@@H](NC(=O)[C@H](CCC(=O)NC[C@H](O)[C@@H](O)[C@H](O)[C@H](O)CO)CC(=O)[C@@H](CCC(=O)O)NC(=O)[C@H](CCC(=O)NC[C@H](O)[C@@H](O)[C@H](O)[C@H](O)CO)CC(=O)[C@@H](CCC(=O)O)NC(=O)[C@H](CCC(=O)NC[C@H](O)[C@@H](O)[C@H](O)[C@H](O)CO)CC(=O)CC[C@@H](NC(=O)c1ccc(NCc2cnc3nc(N)[nH]c(=O)c3n2)cc1)C(=O)O)C(=O)O. The molecule has 2 heterocycles. The van der Waals surface area contributed by atoms with Crippen LogP contribution in [0.4, 0.5) is 16.4 Å². The lowest BCUT2D eigenvalue weighted by Crippen LogP contribution is -2.50. The number of ketones is 3. The van der Waals surface area contributed by atoms with Gasteiger partial charge in [0.25, 0.3) is 11.5 Å². The number of aliphatic hydroxyl groups excluding tert-OH is 15. The second-order valence-electron chi connectivity index (χ2n) is 30.5. The molecule has 3 aromatic rings. The molecule has 0 radical (unpaired) electrons. The maximum atomic E-state index is 14.9. The summed E-state index contributed by atoms with van der Waals surface area (Å²) >= 11 is 0. The normalized spacial score (nSPS) is 16.0. The molecule has 51 nitrogen and oxygen atoms in total. The fraction of sp³-hybridized carbons (Fsp3) is 0.640. The number of carboxylic acid groups (broad SMARTS) is 4. The van der Waals surface area contributed by atoms with E-state index < -0.39 is 356 Å². The van der Waals surface area contributed by atoms with Gasteiger partial charge in [0, 0.05) is 123 Å². The number of rotatable bonds is 64. The lowest BCUT2D eigenvalue weighted by Gasteiger charge is -2.26. The topological polar surface area (TPSA) is 868 Å². The maximum Gasteiger partial charge on any atom is 0.421 e. The summed E-state index contributed by atoms with van der Waals surface area (Å²) in [5, 5.41) is 209. The van der Waals surface area contributed by atoms with Gasteiger partial charge >= 0.3 is 30.0 Å². The van der Waals surface area contributed by atoms with E-state index >= 15 is 0 Å². The number of Topliss-reactive ketones (excluding diaryl/α,β-unsaturated/α-hetero) is 3. The Balaban J connectivity index is 2.09. The molecule has 53 heteroatoms. The number of aliphatic hydroxyl groups is 15. The third-order valence-electron chi connectivity index (χ3n) is 19.1. The van der Waals surface area contributed by atoms with Crippen molar-refractivity contribution in [2.24, 2.45) is 17.8 Å². The molecule has 0 saturated heterocycles. The van der Waals surface area contributed by atoms with Gasteiger partial charge in [0.05, 0.1) is 68.7 Å². The average molecular weight is 1870 g/mol. The van der Waals surface area contributed by atoms with Crippen molar-refractivity contribution in [2.75, 3.05) is 68.6 Å². The average Bonchev–Trinajstić information content (AvgIpc) is 0.809. The van der Waals surface area contributed by atoms with Crippen molar-refractivity contribution in [3.8, 4) is 0 Å². The number of amides is 8. The van der Waals surface area contributed by atoms with Crippen molar-refractivity contribution in [3.63, 3.8) is 0 Å². The molecule has 0 spiro atoms. The van der Waals surface area contributed by atoms with Crippen LogP contribution in [0.5, 0.6) is 0 Å². The number of fused-ring (bicyclic) bond motifs is 1. The van der Waals surface area contributed by atoms with E-state index in [1.165, 1.54) is 30.5 Å². The fourth-order valence-corrected chi connectivity index (χ4v) is 13.6. The van der Waals surface area contributed by atoms with Gasteiger partial charge in [0.1, 0.15) is 79.4 Å². The molecular formula is C75H115N15O36S2. The maximum absolute atomic E-state index is 14.9. The lowest BCUT2D eigenvalue weighted by molar-refractivity contribution is -0.142. The molecule has 0 aliphatic carbocycles. The van der Waals surface area contributed by atoms with Crippen molar-refractivity contribution < 1.29 is 174 Å². The number of nitrogen functional groups attached to an aromatic ring is 1. The monoisotopic (exact) mass is 1870 g/mol. The number of aromatic amines is 1. The highest BCUT2D eigenvalue weighted by atomic mass is 33.1. The van der Waals surface area contributed by atoms with Crippen LogP contribution in [0.15, 0.2) is 35.3 Å². The van der Waals surface area contributed by atoms with E-state index in [2.05, 4.69) is 73.3 Å². The molecule has 718 valence electrons. The minimum atomic E-state index is -2.24. The Morgan fingerprint density at radius 3 is 1.30 bits per heavy atom. The number of hydrazine groups is 1. The van der Waals surface area contributed by atoms with Crippen LogP contribution in [0.1, 0.15) is 133 Å². The highest BCUT2D eigenvalue weighted by molar-refractivity contribution is 8.76. The highest BCUT2D eigenvalue weighted by Crippen LogP contribution is 2.26. The summed E-state index contributed by atoms with van der Waals surface area (Å²) in [6.45, 7) is -0.885. The largest absolute Gasteiger partial charge is 0.481 e. The van der Waals surface area contributed by atoms with Crippen LogP contribution in [0.25, 0.3) is 11.2 Å². The van der Waals surface area contributed by atoms with Gasteiger partial charge in [-0.25, -0.2) is 29.8 Å². The molecular weight excluding hydrogens is 1750 g/mol. The molecule has 3 rings (SSSR count). The Hall–Kier alpha value is -10.5. The van der Waals surface area contributed by atoms with E-state index in [0.29, 0.717) is 5.69 Å². The number of nitrogens with zero attached hydrogens (tertiary/aromatic N) is 3. The van der Waals surface area contributed by atoms with Crippen LogP contribution in [0.3, 0.4) is 0 Å². The Morgan fingerprint density at radius 1 is 0.492 bits per heavy atom. The summed E-state index contributed by atoms with van der Waals surface area (Å²) in [7, 11) is 1.85. The predicted octanol–water partition coefficient (Wildman–Crippen LogP) is -9.73. The molecule has 1 aromatic carbocycles. The summed E-state index contributed by atoms with van der Waals surface area (Å²) in [5.41, 5.74) is 9.88. The molecule has 0 aliphatic heterocycles. The van der Waals surface area contributed by atoms with E-state index in [4.69, 9.17) is 10.5 Å². The number of aliphatic carboxylic acids is 4. The molecule has 0 unspecified atom stereocenters. The van der Waals surface area contributed by atoms with E-state index in [0.717, 1.165) is 21.6 Å². The summed E-state index contributed by atoms with van der Waals surface area (Å²) in [5.74, 6) is -24.4. The first-order chi connectivity index (χ1) is 60.1. The second-order valence-corrected chi connectivity index (χ2v) is 33.2. The van der Waals surface area contributed by atoms with Gasteiger partial charge in [-0.3, -0.25) is 72.7 Å². The number of ether oxygens (including phenoxy) is 1. The van der Waals surface area contributed by atoms with Gasteiger partial charge in [-0.2, -0.15) is 4.98 Å². The molecule has 0 fully saturated rings. The molecule has 0 saturated carbocycles. The number of carboxylic acids is 4. The van der Waals surface area contributed by atoms with Crippen LogP contribution in [0, 0.1) is 17.8 Å². The summed E-state index contributed by atoms with van der Waals surface area (Å²) in [6.07, 6.45) is -38.0. The first-order valence-corrected chi connectivity index (χ1v) is 42.4. The number of aromatic nitrogens is 4. The fourth-order valence-electron chi connectivity index (χ4n) is 11.6. The zero-order chi connectivity index (χ0) is 96.4. The standard InChI is InChI=1S/C75H115N15O36S2/c1-75(2,3)90-89-74(125)126-20-21-127-128-33-44(72(123)124)86-69(119)37(8-17-55(105)80-29-49(99)61(112)64(115)52(102)32-93)24-46(96)42(14-19-57(108)109)84-68(118)36(7-16-54(104)79-28-48(98)60(111)63(114)51(101)31-92)23-45(95)41(13-18-56(106)107)83-67(117)35(6-15-53(103)78-27-47(97)59(110)62(113)50(100)30-91)22-40(94)11-12-43(71(121)122)85-66(116)34-4-9-38(10-5-34)77-25-39-26-81-65-58(82-39)70(120)88-73(76)87-65/h4-5,9-10,26,35-37,41-44,47-52,59-64,77,90-93,97-102,110-115H,6-8,11-25,27-33H2,1-3H3,(H,78,103)(H,79,104)(H,80,105)(H,83,117)(H,84,118)(H,85,116)(H,86,119)(H,89,125)(H,106,107)(H,108,109)(H,121,122)(H,123,124)(H3,76,81,87,88,120)/t35-,36-,37-,41-,42-,43-,44-,47+,48+,49+,50-,51-,52-,59-,60-,61-,62-,63-,64-/m1/s1. The number of H-pyrrole nitrogens is 1. The van der Waals surface area contributed by atoms with Gasteiger partial charge in [-0.15, -0.1) is 0 Å². The zero-order valence-electron chi connectivity index (χ0n) is 69.7. The van der Waals surface area contributed by atoms with Crippen molar-refractivity contribution >= 4 is 133 Å². The molecule has 2 aromatic heterocycles. The molecule has 19 atom stereocenters. The van der Waals surface area contributed by atoms with Crippen molar-refractivity contribution in [2.45, 2.75) is 227 Å². The number of anilines is 2. The number of benzene rings is 1. The Labute approximate surface area is 736 Å². The van der Waals surface area contributed by atoms with Crippen LogP contribution in [-0.4, -0.2) is 366 Å². The van der Waals surface area contributed by atoms with Crippen molar-refractivity contribution in [1.82, 2.24) is 68.0 Å². The first-order valence-electron chi connectivity index (χ1n) is 39.9. The Bertz CT molecular complexity index is 4230. The van der Waals surface area contributed by atoms with Gasteiger partial charge in [0.15, 0.2) is 22.7 Å². The van der Waals surface area contributed by atoms with Crippen LogP contribution in [0.2, 0.25) is 0 Å². The highest BCUT2D eigenvalue weighted by Gasteiger charge is 2.39. The van der Waals surface area contributed by atoms with Crippen molar-refractivity contribution in [3.05, 3.63) is 52.1 Å². The molecule has 32 N–H and O–H groups in total. The van der Waals surface area contributed by atoms with Gasteiger partial charge in [-0.05, 0) is 83.6 Å². The third-order valence-corrected chi connectivity index (χ3v) is 21.5. The van der Waals surface area contributed by atoms with Crippen LogP contribution in [-0.2, 0) is 73.6 Å². The summed E-state index contributed by atoms with van der Waals surface area (Å²) < 4.78 is 5.06.